The number of fused-ring (bicyclic) bond motifs is 1. The molecule has 0 radical (unpaired) electrons. The lowest BCUT2D eigenvalue weighted by atomic mass is 10.1. The smallest absolute Gasteiger partial charge is 0.477 e. The average molecular weight is 382 g/mol. The lowest BCUT2D eigenvalue weighted by Crippen LogP contribution is -2.27. The number of benzene rings is 1. The second-order valence-electron chi connectivity index (χ2n) is 5.54. The van der Waals surface area contributed by atoms with Crippen LogP contribution in [-0.4, -0.2) is 23.3 Å². The molecule has 0 bridgehead atoms. The molecule has 0 unspecified atom stereocenters. The third-order valence-electron chi connectivity index (χ3n) is 3.71. The maximum Gasteiger partial charge on any atom is 0.573 e. The van der Waals surface area contributed by atoms with Gasteiger partial charge in [-0.15, -0.1) is 24.5 Å². The lowest BCUT2D eigenvalue weighted by molar-refractivity contribution is -0.274. The van der Waals surface area contributed by atoms with Gasteiger partial charge in [0.1, 0.15) is 21.5 Å². The number of carboxylic acids is 1. The molecule has 9 heteroatoms. The minimum atomic E-state index is -4.80. The highest BCUT2D eigenvalue weighted by atomic mass is 32.1. The molecule has 0 spiro atoms. The molecule has 1 aliphatic heterocycles. The van der Waals surface area contributed by atoms with E-state index in [9.17, 15) is 23.1 Å². The van der Waals surface area contributed by atoms with Gasteiger partial charge in [0.25, 0.3) is 0 Å². The Balaban J connectivity index is 1.94. The van der Waals surface area contributed by atoms with E-state index < -0.39 is 12.3 Å². The fourth-order valence-electron chi connectivity index (χ4n) is 2.66. The number of carbonyl (C=O) groups is 1. The fraction of sp³-hybridized carbons (Fsp3) is 0.176. The number of nitrogens with one attached hydrogen (secondary N) is 1. The monoisotopic (exact) mass is 382 g/mol. The van der Waals surface area contributed by atoms with Crippen LogP contribution in [0.15, 0.2) is 35.8 Å². The SMILES string of the molecule is C=C1NC(Cc2ccccc2OC(F)(F)F)=Nc2sc(C(=O)O)c(C)c21. The highest BCUT2D eigenvalue weighted by molar-refractivity contribution is 7.18. The quantitative estimate of drug-likeness (QED) is 0.817. The molecule has 26 heavy (non-hydrogen) atoms. The maximum atomic E-state index is 12.5. The summed E-state index contributed by atoms with van der Waals surface area (Å²) in [6.07, 6.45) is -4.75. The van der Waals surface area contributed by atoms with Gasteiger partial charge in [-0.25, -0.2) is 9.79 Å². The van der Waals surface area contributed by atoms with Gasteiger partial charge in [-0.1, -0.05) is 24.8 Å². The number of rotatable bonds is 4. The lowest BCUT2D eigenvalue weighted by Gasteiger charge is -2.19. The van der Waals surface area contributed by atoms with Crippen LogP contribution in [0.4, 0.5) is 18.2 Å². The Morgan fingerprint density at radius 3 is 2.73 bits per heavy atom. The van der Waals surface area contributed by atoms with Crippen molar-refractivity contribution >= 4 is 33.8 Å². The first-order chi connectivity index (χ1) is 12.2. The van der Waals surface area contributed by atoms with Gasteiger partial charge in [-0.2, -0.15) is 0 Å². The number of carboxylic acid groups (broad SMARTS) is 1. The van der Waals surface area contributed by atoms with Crippen LogP contribution in [0.5, 0.6) is 5.75 Å². The molecule has 0 atom stereocenters. The van der Waals surface area contributed by atoms with Crippen LogP contribution >= 0.6 is 11.3 Å². The molecule has 5 nitrogen and oxygen atoms in total. The highest BCUT2D eigenvalue weighted by Crippen LogP contribution is 2.41. The standard InChI is InChI=1S/C17H13F3N2O3S/c1-8-13-9(2)21-12(22-15(13)26-14(8)16(23)24)7-10-5-3-4-6-11(10)25-17(18,19)20/h3-6H,2,7H2,1H3,(H,21,22)(H,23,24). The normalized spacial score (nSPS) is 13.7. The second-order valence-corrected chi connectivity index (χ2v) is 6.53. The van der Waals surface area contributed by atoms with E-state index in [0.717, 1.165) is 11.3 Å². The number of hydrogen-bond donors (Lipinski definition) is 2. The highest BCUT2D eigenvalue weighted by Gasteiger charge is 2.32. The van der Waals surface area contributed by atoms with Gasteiger partial charge in [0, 0.05) is 23.2 Å². The Bertz CT molecular complexity index is 932. The number of aliphatic imine (C=N–C) groups is 1. The summed E-state index contributed by atoms with van der Waals surface area (Å²) in [5, 5.41) is 12.6. The number of amidine groups is 1. The summed E-state index contributed by atoms with van der Waals surface area (Å²) in [6.45, 7) is 5.54. The van der Waals surface area contributed by atoms with Gasteiger partial charge in [0.15, 0.2) is 0 Å². The molecular weight excluding hydrogens is 369 g/mol. The molecule has 136 valence electrons. The van der Waals surface area contributed by atoms with Crippen LogP contribution in [0, 0.1) is 6.92 Å². The number of halogens is 3. The van der Waals surface area contributed by atoms with Gasteiger partial charge in [-0.3, -0.25) is 0 Å². The topological polar surface area (TPSA) is 70.9 Å². The number of hydrogen-bond acceptors (Lipinski definition) is 5. The van der Waals surface area contributed by atoms with Gasteiger partial charge in [0.2, 0.25) is 0 Å². The molecule has 0 aliphatic carbocycles. The molecule has 0 saturated heterocycles. The van der Waals surface area contributed by atoms with E-state index in [1.54, 1.807) is 13.0 Å². The van der Waals surface area contributed by atoms with E-state index in [4.69, 9.17) is 0 Å². The zero-order valence-electron chi connectivity index (χ0n) is 13.5. The average Bonchev–Trinajstić information content (AvgIpc) is 2.85. The van der Waals surface area contributed by atoms with E-state index in [1.165, 1.54) is 18.2 Å². The number of para-hydroxylation sites is 1. The van der Waals surface area contributed by atoms with E-state index >= 15 is 0 Å². The summed E-state index contributed by atoms with van der Waals surface area (Å²) in [7, 11) is 0. The van der Waals surface area contributed by atoms with Gasteiger partial charge >= 0.3 is 12.3 Å². The van der Waals surface area contributed by atoms with Crippen LogP contribution in [0.2, 0.25) is 0 Å². The van der Waals surface area contributed by atoms with Crippen molar-refractivity contribution in [2.45, 2.75) is 19.7 Å². The van der Waals surface area contributed by atoms with Crippen molar-refractivity contribution in [3.8, 4) is 5.75 Å². The predicted octanol–water partition coefficient (Wildman–Crippen LogP) is 4.50. The third-order valence-corrected chi connectivity index (χ3v) is 4.89. The number of thiophene rings is 1. The molecule has 0 amide bonds. The molecule has 2 aromatic rings. The molecule has 1 aromatic heterocycles. The van der Waals surface area contributed by atoms with Crippen LogP contribution in [0.1, 0.15) is 26.4 Å². The minimum absolute atomic E-state index is 0.0457. The number of aromatic carboxylic acids is 1. The molecule has 0 saturated carbocycles. The molecule has 3 rings (SSSR count). The van der Waals surface area contributed by atoms with E-state index in [0.29, 0.717) is 33.2 Å². The van der Waals surface area contributed by atoms with Gasteiger partial charge in [0.05, 0.1) is 0 Å². The fourth-order valence-corrected chi connectivity index (χ4v) is 3.73. The van der Waals surface area contributed by atoms with Crippen LogP contribution in [-0.2, 0) is 6.42 Å². The Labute approximate surface area is 150 Å². The first kappa shape index (κ1) is 18.0. The zero-order valence-corrected chi connectivity index (χ0v) is 14.3. The van der Waals surface area contributed by atoms with Crippen molar-refractivity contribution in [2.24, 2.45) is 4.99 Å². The molecule has 1 aromatic carbocycles. The van der Waals surface area contributed by atoms with Crippen LogP contribution < -0.4 is 10.1 Å². The van der Waals surface area contributed by atoms with Crippen LogP contribution in [0.3, 0.4) is 0 Å². The van der Waals surface area contributed by atoms with Crippen molar-refractivity contribution in [1.82, 2.24) is 5.32 Å². The summed E-state index contributed by atoms with van der Waals surface area (Å²) in [6, 6.07) is 5.77. The summed E-state index contributed by atoms with van der Waals surface area (Å²) >= 11 is 1.00. The predicted molar refractivity (Wildman–Crippen MR) is 92.1 cm³/mol. The zero-order chi connectivity index (χ0) is 19.1. The minimum Gasteiger partial charge on any atom is -0.477 e. The largest absolute Gasteiger partial charge is 0.573 e. The van der Waals surface area contributed by atoms with Crippen molar-refractivity contribution in [1.29, 1.82) is 0 Å². The summed E-state index contributed by atoms with van der Waals surface area (Å²) in [4.78, 5) is 15.8. The molecule has 0 fully saturated rings. The first-order valence-electron chi connectivity index (χ1n) is 7.40. The summed E-state index contributed by atoms with van der Waals surface area (Å²) in [5.41, 5.74) is 1.91. The number of ether oxygens (including phenoxy) is 1. The Morgan fingerprint density at radius 2 is 2.08 bits per heavy atom. The van der Waals surface area contributed by atoms with Crippen LogP contribution in [0.25, 0.3) is 5.70 Å². The van der Waals surface area contributed by atoms with Crippen molar-refractivity contribution in [3.05, 3.63) is 52.4 Å². The first-order valence-corrected chi connectivity index (χ1v) is 8.21. The van der Waals surface area contributed by atoms with Crippen molar-refractivity contribution < 1.29 is 27.8 Å². The van der Waals surface area contributed by atoms with Crippen molar-refractivity contribution in [2.75, 3.05) is 0 Å². The second kappa shape index (κ2) is 6.49. The molecule has 1 aliphatic rings. The number of alkyl halides is 3. The summed E-state index contributed by atoms with van der Waals surface area (Å²) < 4.78 is 41.7. The Kier molecular flexibility index (Phi) is 4.49. The van der Waals surface area contributed by atoms with E-state index in [-0.39, 0.29) is 17.0 Å². The Morgan fingerprint density at radius 1 is 1.38 bits per heavy atom. The van der Waals surface area contributed by atoms with E-state index in [1.807, 2.05) is 0 Å². The Hall–Kier alpha value is -2.81. The molecular formula is C17H13F3N2O3S. The van der Waals surface area contributed by atoms with E-state index in [2.05, 4.69) is 21.6 Å². The number of nitrogens with zero attached hydrogens (tertiary/aromatic N) is 1. The van der Waals surface area contributed by atoms with Gasteiger partial charge < -0.3 is 15.2 Å². The molecule has 2 N–H and O–H groups in total. The molecule has 2 heterocycles. The summed E-state index contributed by atoms with van der Waals surface area (Å²) in [5.74, 6) is -1.01. The maximum absolute atomic E-state index is 12.5. The van der Waals surface area contributed by atoms with Gasteiger partial charge in [-0.05, 0) is 18.6 Å². The van der Waals surface area contributed by atoms with Crippen molar-refractivity contribution in [3.63, 3.8) is 0 Å². The third kappa shape index (κ3) is 3.57.